The fourth-order valence-corrected chi connectivity index (χ4v) is 3.14. The number of hydrogen-bond acceptors (Lipinski definition) is 3. The summed E-state index contributed by atoms with van der Waals surface area (Å²) in [6, 6.07) is 10.0. The van der Waals surface area contributed by atoms with Crippen LogP contribution in [0.1, 0.15) is 0 Å². The van der Waals surface area contributed by atoms with E-state index in [1.807, 2.05) is 0 Å². The average Bonchev–Trinajstić information content (AvgIpc) is 3.07. The number of hydrogen-bond donors (Lipinski definition) is 1. The molecule has 2 aromatic carbocycles. The van der Waals surface area contributed by atoms with Crippen LogP contribution in [0.5, 0.6) is 0 Å². The van der Waals surface area contributed by atoms with Gasteiger partial charge in [-0.05, 0) is 24.3 Å². The average molecular weight is 428 g/mol. The molecule has 0 saturated carbocycles. The molecule has 3 aromatic rings. The van der Waals surface area contributed by atoms with Gasteiger partial charge in [-0.15, -0.1) is 5.10 Å². The number of nitrogens with zero attached hydrogens (tertiary/aromatic N) is 3. The molecule has 0 unspecified atom stereocenters. The lowest BCUT2D eigenvalue weighted by Gasteiger charge is -2.10. The SMILES string of the molecule is C=C(C(=O)Nc1c(Cl)cc(Cl)cc1Cl)n1cc(-c2ccc(Cl)cc2)nn1. The van der Waals surface area contributed by atoms with Gasteiger partial charge in [-0.3, -0.25) is 4.79 Å². The topological polar surface area (TPSA) is 59.8 Å². The molecule has 0 saturated heterocycles. The van der Waals surface area contributed by atoms with Gasteiger partial charge in [0.25, 0.3) is 5.91 Å². The first-order chi connectivity index (χ1) is 12.3. The minimum absolute atomic E-state index is 0.0415. The molecule has 9 heteroatoms. The molecule has 0 bridgehead atoms. The number of carbonyl (C=O) groups is 1. The highest BCUT2D eigenvalue weighted by atomic mass is 35.5. The van der Waals surface area contributed by atoms with E-state index >= 15 is 0 Å². The van der Waals surface area contributed by atoms with Crippen molar-refractivity contribution in [2.24, 2.45) is 0 Å². The largest absolute Gasteiger partial charge is 0.318 e. The molecule has 1 amide bonds. The van der Waals surface area contributed by atoms with Gasteiger partial charge in [0, 0.05) is 15.6 Å². The van der Waals surface area contributed by atoms with Crippen molar-refractivity contribution < 1.29 is 4.79 Å². The van der Waals surface area contributed by atoms with E-state index in [1.54, 1.807) is 30.5 Å². The first-order valence-electron chi connectivity index (χ1n) is 7.18. The Bertz CT molecular complexity index is 975. The second-order valence-electron chi connectivity index (χ2n) is 5.20. The normalized spacial score (nSPS) is 10.6. The quantitative estimate of drug-likeness (QED) is 0.545. The van der Waals surface area contributed by atoms with Gasteiger partial charge in [0.15, 0.2) is 0 Å². The molecular weight excluding hydrogens is 418 g/mol. The third kappa shape index (κ3) is 4.02. The van der Waals surface area contributed by atoms with Crippen LogP contribution in [-0.2, 0) is 4.79 Å². The summed E-state index contributed by atoms with van der Waals surface area (Å²) in [6.45, 7) is 3.73. The summed E-state index contributed by atoms with van der Waals surface area (Å²) in [6.07, 6.45) is 1.58. The lowest BCUT2D eigenvalue weighted by Crippen LogP contribution is -2.17. The highest BCUT2D eigenvalue weighted by molar-refractivity contribution is 6.42. The molecule has 0 radical (unpaired) electrons. The number of rotatable bonds is 4. The Morgan fingerprint density at radius 2 is 1.62 bits per heavy atom. The summed E-state index contributed by atoms with van der Waals surface area (Å²) < 4.78 is 1.26. The summed E-state index contributed by atoms with van der Waals surface area (Å²) in [7, 11) is 0. The van der Waals surface area contributed by atoms with Crippen molar-refractivity contribution in [1.29, 1.82) is 0 Å². The van der Waals surface area contributed by atoms with E-state index in [9.17, 15) is 4.79 Å². The minimum atomic E-state index is -0.538. The smallest absolute Gasteiger partial charge is 0.273 e. The molecule has 3 rings (SSSR count). The van der Waals surface area contributed by atoms with Crippen molar-refractivity contribution in [3.63, 3.8) is 0 Å². The lowest BCUT2D eigenvalue weighted by atomic mass is 10.2. The summed E-state index contributed by atoms with van der Waals surface area (Å²) in [4.78, 5) is 12.4. The fraction of sp³-hybridized carbons (Fsp3) is 0. The predicted molar refractivity (Wildman–Crippen MR) is 106 cm³/mol. The molecule has 1 N–H and O–H groups in total. The van der Waals surface area contributed by atoms with Crippen LogP contribution < -0.4 is 5.32 Å². The number of anilines is 1. The Hall–Kier alpha value is -2.05. The standard InChI is InChI=1S/C17H10Cl4N4O/c1-9(17(26)22-16-13(20)6-12(19)7-14(16)21)25-8-15(23-24-25)10-2-4-11(18)5-3-10/h2-8H,1H2,(H,22,26). The van der Waals surface area contributed by atoms with Crippen molar-refractivity contribution in [1.82, 2.24) is 15.0 Å². The fourth-order valence-electron chi connectivity index (χ4n) is 2.10. The minimum Gasteiger partial charge on any atom is -0.318 e. The van der Waals surface area contributed by atoms with Crippen LogP contribution in [0.4, 0.5) is 5.69 Å². The van der Waals surface area contributed by atoms with Crippen molar-refractivity contribution in [2.45, 2.75) is 0 Å². The van der Waals surface area contributed by atoms with Gasteiger partial charge in [-0.1, -0.05) is 70.3 Å². The molecule has 26 heavy (non-hydrogen) atoms. The van der Waals surface area contributed by atoms with Crippen LogP contribution in [0.3, 0.4) is 0 Å². The number of halogens is 4. The Morgan fingerprint density at radius 3 is 2.23 bits per heavy atom. The third-order valence-electron chi connectivity index (χ3n) is 3.42. The summed E-state index contributed by atoms with van der Waals surface area (Å²) >= 11 is 23.9. The van der Waals surface area contributed by atoms with E-state index in [0.29, 0.717) is 15.7 Å². The number of benzene rings is 2. The van der Waals surface area contributed by atoms with Crippen molar-refractivity contribution >= 4 is 63.7 Å². The van der Waals surface area contributed by atoms with E-state index in [-0.39, 0.29) is 21.4 Å². The van der Waals surface area contributed by atoms with E-state index in [0.717, 1.165) is 5.56 Å². The van der Waals surface area contributed by atoms with Crippen LogP contribution in [-0.4, -0.2) is 20.9 Å². The molecule has 0 aliphatic carbocycles. The molecule has 132 valence electrons. The van der Waals surface area contributed by atoms with Gasteiger partial charge >= 0.3 is 0 Å². The number of aromatic nitrogens is 3. The molecule has 0 aliphatic heterocycles. The maximum Gasteiger partial charge on any atom is 0.273 e. The van der Waals surface area contributed by atoms with Crippen LogP contribution in [0.15, 0.2) is 49.2 Å². The zero-order valence-corrected chi connectivity index (χ0v) is 16.0. The van der Waals surface area contributed by atoms with E-state index in [1.165, 1.54) is 16.8 Å². The highest BCUT2D eigenvalue weighted by Crippen LogP contribution is 2.34. The Morgan fingerprint density at radius 1 is 1.00 bits per heavy atom. The Balaban J connectivity index is 1.79. The Labute approximate surface area is 169 Å². The second-order valence-corrected chi connectivity index (χ2v) is 6.89. The second kappa shape index (κ2) is 7.68. The molecule has 5 nitrogen and oxygen atoms in total. The predicted octanol–water partition coefficient (Wildman–Crippen LogP) is 5.67. The van der Waals surface area contributed by atoms with Gasteiger partial charge in [0.2, 0.25) is 0 Å². The van der Waals surface area contributed by atoms with Gasteiger partial charge in [-0.2, -0.15) is 0 Å². The van der Waals surface area contributed by atoms with Crippen molar-refractivity contribution in [3.8, 4) is 11.3 Å². The zero-order chi connectivity index (χ0) is 18.8. The van der Waals surface area contributed by atoms with E-state index in [2.05, 4.69) is 22.2 Å². The summed E-state index contributed by atoms with van der Waals surface area (Å²) in [5.41, 5.74) is 1.65. The molecule has 1 heterocycles. The van der Waals surface area contributed by atoms with Crippen molar-refractivity contribution in [3.05, 3.63) is 69.3 Å². The number of amides is 1. The van der Waals surface area contributed by atoms with Crippen LogP contribution in [0.25, 0.3) is 17.0 Å². The van der Waals surface area contributed by atoms with Crippen LogP contribution in [0, 0.1) is 0 Å². The molecule has 0 aliphatic rings. The first kappa shape index (κ1) is 18.7. The van der Waals surface area contributed by atoms with Crippen LogP contribution >= 0.6 is 46.4 Å². The van der Waals surface area contributed by atoms with Gasteiger partial charge in [-0.25, -0.2) is 4.68 Å². The van der Waals surface area contributed by atoms with E-state index < -0.39 is 5.91 Å². The molecular formula is C17H10Cl4N4O. The molecule has 1 aromatic heterocycles. The molecule has 0 atom stereocenters. The summed E-state index contributed by atoms with van der Waals surface area (Å²) in [5, 5.41) is 11.9. The van der Waals surface area contributed by atoms with Gasteiger partial charge in [0.1, 0.15) is 11.4 Å². The maximum atomic E-state index is 12.4. The summed E-state index contributed by atoms with van der Waals surface area (Å²) in [5.74, 6) is -0.538. The van der Waals surface area contributed by atoms with Gasteiger partial charge in [0.05, 0.1) is 21.9 Å². The third-order valence-corrected chi connectivity index (χ3v) is 4.48. The van der Waals surface area contributed by atoms with Crippen LogP contribution in [0.2, 0.25) is 20.1 Å². The highest BCUT2D eigenvalue weighted by Gasteiger charge is 2.16. The monoisotopic (exact) mass is 426 g/mol. The zero-order valence-electron chi connectivity index (χ0n) is 13.0. The molecule has 0 fully saturated rings. The van der Waals surface area contributed by atoms with E-state index in [4.69, 9.17) is 46.4 Å². The van der Waals surface area contributed by atoms with Gasteiger partial charge < -0.3 is 5.32 Å². The Kier molecular flexibility index (Phi) is 5.53. The number of nitrogens with one attached hydrogen (secondary N) is 1. The first-order valence-corrected chi connectivity index (χ1v) is 8.70. The lowest BCUT2D eigenvalue weighted by molar-refractivity contribution is -0.111. The maximum absolute atomic E-state index is 12.4. The number of carbonyl (C=O) groups excluding carboxylic acids is 1. The van der Waals surface area contributed by atoms with Crippen molar-refractivity contribution in [2.75, 3.05) is 5.32 Å². The molecule has 0 spiro atoms.